The van der Waals surface area contributed by atoms with E-state index >= 15 is 0 Å². The Morgan fingerprint density at radius 1 is 1.04 bits per heavy atom. The molecule has 2 heterocycles. The van der Waals surface area contributed by atoms with Crippen LogP contribution in [0.25, 0.3) is 11.3 Å². The maximum absolute atomic E-state index is 12.4. The molecule has 1 fully saturated rings. The number of nitrogens with zero attached hydrogens (tertiary/aromatic N) is 2. The minimum Gasteiger partial charge on any atom is -0.379 e. The maximum atomic E-state index is 12.4. The van der Waals surface area contributed by atoms with Gasteiger partial charge in [-0.3, -0.25) is 9.69 Å². The summed E-state index contributed by atoms with van der Waals surface area (Å²) in [6.07, 6.45) is 2.65. The van der Waals surface area contributed by atoms with Gasteiger partial charge in [0, 0.05) is 54.0 Å². The summed E-state index contributed by atoms with van der Waals surface area (Å²) in [4.78, 5) is 14.8. The number of benzene rings is 1. The van der Waals surface area contributed by atoms with E-state index in [9.17, 15) is 4.79 Å². The molecule has 0 amide bonds. The molecule has 0 N–H and O–H groups in total. The van der Waals surface area contributed by atoms with Crippen molar-refractivity contribution in [1.29, 1.82) is 0 Å². The van der Waals surface area contributed by atoms with Crippen molar-refractivity contribution in [3.8, 4) is 11.3 Å². The van der Waals surface area contributed by atoms with Gasteiger partial charge in [0.1, 0.15) is 0 Å². The van der Waals surface area contributed by atoms with Crippen molar-refractivity contribution in [3.63, 3.8) is 0 Å². The number of rotatable bonds is 4. The van der Waals surface area contributed by atoms with Crippen molar-refractivity contribution in [2.24, 2.45) is 0 Å². The predicted octanol–water partition coefficient (Wildman–Crippen LogP) is 3.77. The number of hydrogen-bond acceptors (Lipinski definition) is 3. The molecule has 0 saturated carbocycles. The fraction of sp³-hybridized carbons (Fsp3) is 0.450. The van der Waals surface area contributed by atoms with Crippen LogP contribution >= 0.6 is 15.9 Å². The van der Waals surface area contributed by atoms with Crippen molar-refractivity contribution < 1.29 is 9.53 Å². The summed E-state index contributed by atoms with van der Waals surface area (Å²) in [7, 11) is 0. The fourth-order valence-corrected chi connectivity index (χ4v) is 4.10. The van der Waals surface area contributed by atoms with Crippen molar-refractivity contribution >= 4 is 21.7 Å². The summed E-state index contributed by atoms with van der Waals surface area (Å²) in [5, 5.41) is 0. The average molecular weight is 403 g/mol. The third kappa shape index (κ3) is 3.59. The second-order valence-electron chi connectivity index (χ2n) is 6.78. The van der Waals surface area contributed by atoms with Gasteiger partial charge in [-0.05, 0) is 36.6 Å². The molecule has 1 aliphatic carbocycles. The fourth-order valence-electron chi connectivity index (χ4n) is 3.83. The van der Waals surface area contributed by atoms with Crippen LogP contribution in [0.1, 0.15) is 28.9 Å². The van der Waals surface area contributed by atoms with E-state index in [-0.39, 0.29) is 0 Å². The second kappa shape index (κ2) is 7.44. The molecule has 0 spiro atoms. The van der Waals surface area contributed by atoms with Gasteiger partial charge in [0.2, 0.25) is 0 Å². The molecule has 4 nitrogen and oxygen atoms in total. The van der Waals surface area contributed by atoms with Crippen molar-refractivity contribution in [2.45, 2.75) is 25.8 Å². The van der Waals surface area contributed by atoms with E-state index in [1.54, 1.807) is 0 Å². The number of Topliss-reactive ketones (excluding diaryl/α,β-unsaturated/α-hetero) is 1. The number of fused-ring (bicyclic) bond motifs is 1. The van der Waals surface area contributed by atoms with Crippen LogP contribution in [0.15, 0.2) is 34.8 Å². The number of aromatic nitrogens is 1. The molecule has 2 aliphatic rings. The molecule has 1 saturated heterocycles. The van der Waals surface area contributed by atoms with E-state index in [4.69, 9.17) is 4.74 Å². The zero-order valence-corrected chi connectivity index (χ0v) is 15.9. The quantitative estimate of drug-likeness (QED) is 0.780. The molecule has 0 bridgehead atoms. The topological polar surface area (TPSA) is 34.5 Å². The Kier molecular flexibility index (Phi) is 5.06. The van der Waals surface area contributed by atoms with E-state index in [0.29, 0.717) is 12.2 Å². The van der Waals surface area contributed by atoms with E-state index in [2.05, 4.69) is 55.7 Å². The normalized spacial score (nSPS) is 18.4. The van der Waals surface area contributed by atoms with Gasteiger partial charge in [-0.1, -0.05) is 28.1 Å². The predicted molar refractivity (Wildman–Crippen MR) is 102 cm³/mol. The molecule has 25 heavy (non-hydrogen) atoms. The van der Waals surface area contributed by atoms with Gasteiger partial charge in [0.05, 0.1) is 13.2 Å². The molecule has 5 heteroatoms. The Morgan fingerprint density at radius 2 is 1.80 bits per heavy atom. The first-order chi connectivity index (χ1) is 12.2. The molecular weight excluding hydrogens is 380 g/mol. The number of ketones is 1. The first-order valence-electron chi connectivity index (χ1n) is 9.04. The third-order valence-corrected chi connectivity index (χ3v) is 5.74. The van der Waals surface area contributed by atoms with Gasteiger partial charge in [0.25, 0.3) is 0 Å². The number of hydrogen-bond donors (Lipinski definition) is 0. The molecule has 2 aromatic rings. The zero-order chi connectivity index (χ0) is 17.2. The summed E-state index contributed by atoms with van der Waals surface area (Å²) < 4.78 is 8.90. The molecule has 1 aliphatic heterocycles. The molecule has 0 atom stereocenters. The highest BCUT2D eigenvalue weighted by Gasteiger charge is 2.24. The van der Waals surface area contributed by atoms with Crippen LogP contribution in [-0.2, 0) is 17.7 Å². The maximum Gasteiger partial charge on any atom is 0.164 e. The number of morpholine rings is 1. The first-order valence-corrected chi connectivity index (χ1v) is 9.83. The summed E-state index contributed by atoms with van der Waals surface area (Å²) in [5.74, 6) is 0.296. The standard InChI is InChI=1S/C20H23BrN2O2/c21-16-6-4-15(5-7-16)19-14-17-18(2-1-3-20(17)24)23(19)9-8-22-10-12-25-13-11-22/h4-7,14H,1-3,8-13H2. The number of carbonyl (C=O) groups excluding carboxylic acids is 1. The van der Waals surface area contributed by atoms with Gasteiger partial charge in [-0.15, -0.1) is 0 Å². The Hall–Kier alpha value is -1.43. The van der Waals surface area contributed by atoms with Crippen molar-refractivity contribution in [2.75, 3.05) is 32.8 Å². The number of halogens is 1. The zero-order valence-electron chi connectivity index (χ0n) is 14.3. The monoisotopic (exact) mass is 402 g/mol. The lowest BCUT2D eigenvalue weighted by molar-refractivity contribution is 0.0363. The van der Waals surface area contributed by atoms with Crippen LogP contribution < -0.4 is 0 Å². The lowest BCUT2D eigenvalue weighted by Gasteiger charge is -2.27. The van der Waals surface area contributed by atoms with Gasteiger partial charge in [-0.25, -0.2) is 0 Å². The Morgan fingerprint density at radius 3 is 2.56 bits per heavy atom. The minimum atomic E-state index is 0.296. The van der Waals surface area contributed by atoms with Gasteiger partial charge in [-0.2, -0.15) is 0 Å². The van der Waals surface area contributed by atoms with E-state index in [0.717, 1.165) is 62.3 Å². The number of ether oxygens (including phenoxy) is 1. The summed E-state index contributed by atoms with van der Waals surface area (Å²) in [5.41, 5.74) is 4.50. The summed E-state index contributed by atoms with van der Waals surface area (Å²) in [6.45, 7) is 5.56. The minimum absolute atomic E-state index is 0.296. The highest BCUT2D eigenvalue weighted by molar-refractivity contribution is 9.10. The molecule has 4 rings (SSSR count). The van der Waals surface area contributed by atoms with E-state index < -0.39 is 0 Å². The number of carbonyl (C=O) groups is 1. The highest BCUT2D eigenvalue weighted by Crippen LogP contribution is 2.31. The average Bonchev–Trinajstić information content (AvgIpc) is 3.01. The highest BCUT2D eigenvalue weighted by atomic mass is 79.9. The first kappa shape index (κ1) is 17.0. The smallest absolute Gasteiger partial charge is 0.164 e. The van der Waals surface area contributed by atoms with Gasteiger partial charge in [0.15, 0.2) is 5.78 Å². The summed E-state index contributed by atoms with van der Waals surface area (Å²) in [6, 6.07) is 10.5. The Labute approximate surface area is 156 Å². The van der Waals surface area contributed by atoms with Crippen molar-refractivity contribution in [1.82, 2.24) is 9.47 Å². The molecule has 132 valence electrons. The van der Waals surface area contributed by atoms with Crippen LogP contribution in [0.3, 0.4) is 0 Å². The lowest BCUT2D eigenvalue weighted by Crippen LogP contribution is -2.38. The Balaban J connectivity index is 1.67. The van der Waals surface area contributed by atoms with Crippen LogP contribution in [0.2, 0.25) is 0 Å². The SMILES string of the molecule is O=C1CCCc2c1cc(-c1ccc(Br)cc1)n2CCN1CCOCC1. The van der Waals surface area contributed by atoms with Gasteiger partial charge < -0.3 is 9.30 Å². The van der Waals surface area contributed by atoms with Crippen LogP contribution in [0.5, 0.6) is 0 Å². The molecular formula is C20H23BrN2O2. The van der Waals surface area contributed by atoms with Crippen LogP contribution in [0, 0.1) is 0 Å². The molecule has 0 unspecified atom stereocenters. The van der Waals surface area contributed by atoms with Gasteiger partial charge >= 0.3 is 0 Å². The second-order valence-corrected chi connectivity index (χ2v) is 7.69. The van der Waals surface area contributed by atoms with E-state index in [1.165, 1.54) is 17.0 Å². The largest absolute Gasteiger partial charge is 0.379 e. The van der Waals surface area contributed by atoms with E-state index in [1.807, 2.05) is 0 Å². The summed E-state index contributed by atoms with van der Waals surface area (Å²) >= 11 is 3.51. The van der Waals surface area contributed by atoms with Crippen LogP contribution in [0.4, 0.5) is 0 Å². The van der Waals surface area contributed by atoms with Crippen molar-refractivity contribution in [3.05, 3.63) is 46.1 Å². The molecule has 0 radical (unpaired) electrons. The lowest BCUT2D eigenvalue weighted by atomic mass is 9.96. The molecule has 1 aromatic heterocycles. The molecule has 1 aromatic carbocycles. The Bertz CT molecular complexity index is 761. The van der Waals surface area contributed by atoms with Crippen LogP contribution in [-0.4, -0.2) is 48.1 Å². The third-order valence-electron chi connectivity index (χ3n) is 5.21.